The molecule has 10 heteroatoms. The molecule has 0 spiro atoms. The number of aromatic nitrogens is 4. The zero-order valence-corrected chi connectivity index (χ0v) is 18.3. The lowest BCUT2D eigenvalue weighted by Gasteiger charge is -2.35. The van der Waals surface area contributed by atoms with Gasteiger partial charge in [-0.05, 0) is 36.3 Å². The molecular weight excluding hydrogens is 416 g/mol. The van der Waals surface area contributed by atoms with Gasteiger partial charge >= 0.3 is 0 Å². The largest absolute Gasteiger partial charge is 0.480 e. The van der Waals surface area contributed by atoms with Crippen LogP contribution in [0.25, 0.3) is 10.9 Å². The lowest BCUT2D eigenvalue weighted by Crippen LogP contribution is -2.38. The summed E-state index contributed by atoms with van der Waals surface area (Å²) in [5, 5.41) is 27.1. The number of aliphatic hydroxyl groups excluding tert-OH is 1. The minimum atomic E-state index is -0.620. The van der Waals surface area contributed by atoms with Gasteiger partial charge in [0.1, 0.15) is 16.6 Å². The molecule has 2 aromatic heterocycles. The smallest absolute Gasteiger partial charge is 0.224 e. The van der Waals surface area contributed by atoms with Crippen LogP contribution in [-0.2, 0) is 4.74 Å². The first kappa shape index (κ1) is 20.3. The summed E-state index contributed by atoms with van der Waals surface area (Å²) < 4.78 is 10.6. The van der Waals surface area contributed by atoms with Crippen LogP contribution in [0.1, 0.15) is 24.0 Å². The van der Waals surface area contributed by atoms with Crippen LogP contribution in [0.2, 0.25) is 0 Å². The predicted molar refractivity (Wildman–Crippen MR) is 119 cm³/mol. The predicted octanol–water partition coefficient (Wildman–Crippen LogP) is 2.28. The molecule has 2 saturated heterocycles. The van der Waals surface area contributed by atoms with E-state index in [4.69, 9.17) is 9.47 Å². The number of anilines is 2. The molecule has 0 radical (unpaired) electrons. The van der Waals surface area contributed by atoms with E-state index in [1.165, 1.54) is 11.3 Å². The molecule has 2 fully saturated rings. The Labute approximate surface area is 184 Å². The molecule has 164 valence electrons. The number of fused-ring (bicyclic) bond motifs is 1. The van der Waals surface area contributed by atoms with Crippen molar-refractivity contribution in [2.45, 2.75) is 18.9 Å². The third-order valence-electron chi connectivity index (χ3n) is 6.06. The summed E-state index contributed by atoms with van der Waals surface area (Å²) in [4.78, 5) is 8.90. The molecule has 9 nitrogen and oxygen atoms in total. The summed E-state index contributed by atoms with van der Waals surface area (Å²) in [5.74, 6) is 1.45. The number of hydrogen-bond acceptors (Lipinski definition) is 10. The van der Waals surface area contributed by atoms with Crippen LogP contribution < -0.4 is 14.5 Å². The van der Waals surface area contributed by atoms with Crippen LogP contribution in [0.3, 0.4) is 0 Å². The number of hydrogen-bond donors (Lipinski definition) is 1. The van der Waals surface area contributed by atoms with Crippen molar-refractivity contribution in [1.29, 1.82) is 0 Å². The van der Waals surface area contributed by atoms with Gasteiger partial charge in [0.05, 0.1) is 25.7 Å². The summed E-state index contributed by atoms with van der Waals surface area (Å²) in [5.41, 5.74) is 1.97. The molecule has 1 aromatic carbocycles. The summed E-state index contributed by atoms with van der Waals surface area (Å²) in [6.45, 7) is 4.82. The number of methoxy groups -OCH3 is 1. The van der Waals surface area contributed by atoms with Gasteiger partial charge in [-0.1, -0.05) is 0 Å². The van der Waals surface area contributed by atoms with Crippen LogP contribution in [0, 0.1) is 5.92 Å². The number of rotatable bonds is 5. The minimum absolute atomic E-state index is 0.0715. The van der Waals surface area contributed by atoms with Crippen LogP contribution in [0.15, 0.2) is 23.6 Å². The number of aliphatic hydroxyl groups is 1. The molecule has 0 aliphatic carbocycles. The van der Waals surface area contributed by atoms with E-state index < -0.39 is 6.10 Å². The summed E-state index contributed by atoms with van der Waals surface area (Å²) in [6, 6.07) is 6.29. The van der Waals surface area contributed by atoms with Crippen molar-refractivity contribution in [1.82, 2.24) is 20.4 Å². The lowest BCUT2D eigenvalue weighted by molar-refractivity contribution is 0.0973. The number of benzene rings is 1. The Kier molecular flexibility index (Phi) is 5.84. The zero-order chi connectivity index (χ0) is 21.2. The summed E-state index contributed by atoms with van der Waals surface area (Å²) >= 11 is 1.43. The molecule has 2 atom stereocenters. The van der Waals surface area contributed by atoms with Gasteiger partial charge in [0.15, 0.2) is 5.82 Å². The third kappa shape index (κ3) is 4.15. The Balaban J connectivity index is 1.38. The zero-order valence-electron chi connectivity index (χ0n) is 17.5. The molecule has 4 heterocycles. The summed E-state index contributed by atoms with van der Waals surface area (Å²) in [6.07, 6.45) is 1.30. The van der Waals surface area contributed by atoms with Gasteiger partial charge in [-0.15, -0.1) is 21.5 Å². The van der Waals surface area contributed by atoms with E-state index in [1.807, 2.05) is 5.38 Å². The highest BCUT2D eigenvalue weighted by atomic mass is 32.1. The number of nitrogens with zero attached hydrogens (tertiary/aromatic N) is 6. The van der Waals surface area contributed by atoms with Crippen molar-refractivity contribution in [3.05, 3.63) is 28.6 Å². The molecule has 5 rings (SSSR count). The van der Waals surface area contributed by atoms with Gasteiger partial charge in [0.25, 0.3) is 0 Å². The van der Waals surface area contributed by atoms with E-state index in [9.17, 15) is 5.11 Å². The second kappa shape index (κ2) is 8.89. The van der Waals surface area contributed by atoms with Crippen molar-refractivity contribution in [2.24, 2.45) is 5.92 Å². The molecule has 0 bridgehead atoms. The highest BCUT2D eigenvalue weighted by molar-refractivity contribution is 7.09. The fraction of sp³-hybridized carbons (Fsp3) is 0.524. The Morgan fingerprint density at radius 1 is 1.19 bits per heavy atom. The van der Waals surface area contributed by atoms with Crippen molar-refractivity contribution in [3.63, 3.8) is 0 Å². The maximum atomic E-state index is 10.9. The second-order valence-corrected chi connectivity index (χ2v) is 8.82. The third-order valence-corrected chi connectivity index (χ3v) is 6.95. The van der Waals surface area contributed by atoms with E-state index in [0.29, 0.717) is 17.4 Å². The van der Waals surface area contributed by atoms with Crippen LogP contribution in [0.4, 0.5) is 11.5 Å². The van der Waals surface area contributed by atoms with E-state index >= 15 is 0 Å². The van der Waals surface area contributed by atoms with Crippen LogP contribution >= 0.6 is 11.3 Å². The van der Waals surface area contributed by atoms with Gasteiger partial charge < -0.3 is 24.4 Å². The molecule has 3 aromatic rings. The number of thiazole rings is 1. The van der Waals surface area contributed by atoms with Gasteiger partial charge in [0, 0.05) is 43.2 Å². The Morgan fingerprint density at radius 3 is 2.87 bits per heavy atom. The Bertz CT molecular complexity index is 1040. The average molecular weight is 443 g/mol. The Morgan fingerprint density at radius 2 is 2.06 bits per heavy atom. The maximum absolute atomic E-state index is 10.9. The monoisotopic (exact) mass is 442 g/mol. The molecule has 0 amide bonds. The van der Waals surface area contributed by atoms with Gasteiger partial charge in [-0.2, -0.15) is 0 Å². The lowest BCUT2D eigenvalue weighted by atomic mass is 9.92. The minimum Gasteiger partial charge on any atom is -0.480 e. The maximum Gasteiger partial charge on any atom is 0.224 e. The van der Waals surface area contributed by atoms with Gasteiger partial charge in [-0.3, -0.25) is 0 Å². The van der Waals surface area contributed by atoms with E-state index in [0.717, 1.165) is 68.1 Å². The molecule has 2 unspecified atom stereocenters. The van der Waals surface area contributed by atoms with Crippen LogP contribution in [-0.4, -0.2) is 72.0 Å². The highest BCUT2D eigenvalue weighted by Crippen LogP contribution is 2.35. The number of morpholine rings is 1. The number of ether oxygens (including phenoxy) is 2. The SMILES string of the molecule is COc1csc(C(O)C2CCCN(c3nnnc4cc(N5CCOCC5)ccc34)C2)n1. The molecule has 0 saturated carbocycles. The van der Waals surface area contributed by atoms with Crippen molar-refractivity contribution in [3.8, 4) is 5.88 Å². The van der Waals surface area contributed by atoms with Crippen molar-refractivity contribution in [2.75, 3.05) is 56.3 Å². The standard InChI is InChI=1S/C21H26N6O3S/c1-29-18-13-31-21(22-18)19(28)14-3-2-6-27(12-14)20-16-5-4-15(11-17(16)23-25-24-20)26-7-9-30-10-8-26/h4-5,11,13-14,19,28H,2-3,6-10,12H2,1H3. The van der Waals surface area contributed by atoms with Crippen molar-refractivity contribution < 1.29 is 14.6 Å². The fourth-order valence-corrected chi connectivity index (χ4v) is 5.22. The van der Waals surface area contributed by atoms with Gasteiger partial charge in [-0.25, -0.2) is 4.98 Å². The van der Waals surface area contributed by atoms with Crippen LogP contribution in [0.5, 0.6) is 5.88 Å². The second-order valence-electron chi connectivity index (χ2n) is 7.94. The fourth-order valence-electron chi connectivity index (χ4n) is 4.37. The highest BCUT2D eigenvalue weighted by Gasteiger charge is 2.30. The van der Waals surface area contributed by atoms with E-state index in [1.54, 1.807) is 7.11 Å². The molecule has 2 aliphatic rings. The Hall–Kier alpha value is -2.56. The first-order valence-corrected chi connectivity index (χ1v) is 11.5. The molecular formula is C21H26N6O3S. The summed E-state index contributed by atoms with van der Waals surface area (Å²) in [7, 11) is 1.59. The normalized spacial score (nSPS) is 20.8. The van der Waals surface area contributed by atoms with E-state index in [-0.39, 0.29) is 5.92 Å². The van der Waals surface area contributed by atoms with Gasteiger partial charge in [0.2, 0.25) is 5.88 Å². The quantitative estimate of drug-likeness (QED) is 0.638. The molecule has 2 aliphatic heterocycles. The first-order valence-electron chi connectivity index (χ1n) is 10.6. The average Bonchev–Trinajstić information content (AvgIpc) is 3.33. The number of piperidine rings is 1. The van der Waals surface area contributed by atoms with Crippen molar-refractivity contribution >= 4 is 33.7 Å². The topological polar surface area (TPSA) is 96.7 Å². The molecule has 31 heavy (non-hydrogen) atoms. The first-order chi connectivity index (χ1) is 15.2. The molecule has 1 N–H and O–H groups in total. The van der Waals surface area contributed by atoms with E-state index in [2.05, 4.69) is 48.4 Å².